The van der Waals surface area contributed by atoms with E-state index in [1.807, 2.05) is 6.92 Å². The second-order valence-electron chi connectivity index (χ2n) is 4.08. The minimum Gasteiger partial charge on any atom is -0.465 e. The van der Waals surface area contributed by atoms with Gasteiger partial charge >= 0.3 is 5.97 Å². The van der Waals surface area contributed by atoms with Crippen molar-refractivity contribution in [2.45, 2.75) is 13.0 Å². The fourth-order valence-corrected chi connectivity index (χ4v) is 2.71. The van der Waals surface area contributed by atoms with Crippen molar-refractivity contribution in [3.05, 3.63) is 21.9 Å². The molecule has 0 saturated carbocycles. The SMILES string of the molecule is COC(=O)c1ccc(C(=O)N2CCOCC2C)s1. The second-order valence-corrected chi connectivity index (χ2v) is 5.16. The van der Waals surface area contributed by atoms with Crippen LogP contribution in [0.5, 0.6) is 0 Å². The predicted octanol–water partition coefficient (Wildman–Crippen LogP) is 1.40. The molecule has 18 heavy (non-hydrogen) atoms. The van der Waals surface area contributed by atoms with Crippen molar-refractivity contribution < 1.29 is 19.1 Å². The average Bonchev–Trinajstić information content (AvgIpc) is 2.87. The highest BCUT2D eigenvalue weighted by Gasteiger charge is 2.26. The second kappa shape index (κ2) is 5.49. The van der Waals surface area contributed by atoms with Gasteiger partial charge in [-0.2, -0.15) is 0 Å². The maximum atomic E-state index is 12.3. The van der Waals surface area contributed by atoms with Gasteiger partial charge < -0.3 is 14.4 Å². The smallest absolute Gasteiger partial charge is 0.348 e. The number of carbonyl (C=O) groups is 2. The van der Waals surface area contributed by atoms with Gasteiger partial charge in [-0.25, -0.2) is 4.79 Å². The van der Waals surface area contributed by atoms with Crippen molar-refractivity contribution >= 4 is 23.2 Å². The molecule has 0 radical (unpaired) electrons. The molecule has 1 aliphatic heterocycles. The van der Waals surface area contributed by atoms with Crippen LogP contribution in [0.4, 0.5) is 0 Å². The number of methoxy groups -OCH3 is 1. The molecule has 1 aromatic heterocycles. The van der Waals surface area contributed by atoms with E-state index in [-0.39, 0.29) is 11.9 Å². The quantitative estimate of drug-likeness (QED) is 0.761. The maximum absolute atomic E-state index is 12.3. The molecule has 2 heterocycles. The van der Waals surface area contributed by atoms with Gasteiger partial charge in [0.25, 0.3) is 5.91 Å². The molecule has 5 nitrogen and oxygen atoms in total. The maximum Gasteiger partial charge on any atom is 0.348 e. The molecular weight excluding hydrogens is 254 g/mol. The Labute approximate surface area is 109 Å². The zero-order valence-electron chi connectivity index (χ0n) is 10.3. The third-order valence-corrected chi connectivity index (χ3v) is 3.89. The van der Waals surface area contributed by atoms with Crippen LogP contribution in [0.1, 0.15) is 26.3 Å². The number of nitrogens with zero attached hydrogens (tertiary/aromatic N) is 1. The third kappa shape index (κ3) is 2.54. The highest BCUT2D eigenvalue weighted by molar-refractivity contribution is 7.15. The third-order valence-electron chi connectivity index (χ3n) is 2.83. The number of thiophene rings is 1. The monoisotopic (exact) mass is 269 g/mol. The van der Waals surface area contributed by atoms with Crippen LogP contribution in [0.2, 0.25) is 0 Å². The molecule has 0 N–H and O–H groups in total. The number of ether oxygens (including phenoxy) is 2. The summed E-state index contributed by atoms with van der Waals surface area (Å²) in [6.45, 7) is 3.66. The standard InChI is InChI=1S/C12H15NO4S/c1-8-7-17-6-5-13(8)11(14)9-3-4-10(18-9)12(15)16-2/h3-4,8H,5-7H2,1-2H3. The molecule has 98 valence electrons. The highest BCUT2D eigenvalue weighted by atomic mass is 32.1. The molecule has 1 atom stereocenters. The Hall–Kier alpha value is -1.40. The Bertz CT molecular complexity index is 457. The topological polar surface area (TPSA) is 55.8 Å². The van der Waals surface area contributed by atoms with Gasteiger partial charge in [0, 0.05) is 6.54 Å². The van der Waals surface area contributed by atoms with Gasteiger partial charge in [-0.05, 0) is 19.1 Å². The van der Waals surface area contributed by atoms with E-state index in [4.69, 9.17) is 4.74 Å². The highest BCUT2D eigenvalue weighted by Crippen LogP contribution is 2.21. The summed E-state index contributed by atoms with van der Waals surface area (Å²) in [4.78, 5) is 26.4. The first-order valence-corrected chi connectivity index (χ1v) is 6.52. The molecule has 1 aliphatic rings. The average molecular weight is 269 g/mol. The van der Waals surface area contributed by atoms with Gasteiger partial charge in [0.05, 0.1) is 31.2 Å². The van der Waals surface area contributed by atoms with E-state index < -0.39 is 5.97 Å². The van der Waals surface area contributed by atoms with Gasteiger partial charge in [-0.1, -0.05) is 0 Å². The normalized spacial score (nSPS) is 19.7. The van der Waals surface area contributed by atoms with E-state index in [9.17, 15) is 9.59 Å². The summed E-state index contributed by atoms with van der Waals surface area (Å²) < 4.78 is 9.92. The largest absolute Gasteiger partial charge is 0.465 e. The zero-order valence-corrected chi connectivity index (χ0v) is 11.2. The van der Waals surface area contributed by atoms with Crippen molar-refractivity contribution in [2.24, 2.45) is 0 Å². The lowest BCUT2D eigenvalue weighted by molar-refractivity contribution is 0.00387. The summed E-state index contributed by atoms with van der Waals surface area (Å²) in [5.74, 6) is -0.458. The van der Waals surface area contributed by atoms with Gasteiger partial charge in [-0.15, -0.1) is 11.3 Å². The lowest BCUT2D eigenvalue weighted by Gasteiger charge is -2.32. The molecule has 1 saturated heterocycles. The number of esters is 1. The minimum atomic E-state index is -0.408. The van der Waals surface area contributed by atoms with Crippen LogP contribution < -0.4 is 0 Å². The number of rotatable bonds is 2. The lowest BCUT2D eigenvalue weighted by atomic mass is 10.2. The van der Waals surface area contributed by atoms with E-state index in [2.05, 4.69) is 4.74 Å². The summed E-state index contributed by atoms with van der Waals surface area (Å²) >= 11 is 1.16. The predicted molar refractivity (Wildman–Crippen MR) is 67.0 cm³/mol. The van der Waals surface area contributed by atoms with Crippen LogP contribution >= 0.6 is 11.3 Å². The number of hydrogen-bond donors (Lipinski definition) is 0. The Morgan fingerprint density at radius 2 is 2.17 bits per heavy atom. The van der Waals surface area contributed by atoms with E-state index in [0.717, 1.165) is 11.3 Å². The first-order valence-electron chi connectivity index (χ1n) is 5.70. The molecule has 2 rings (SSSR count). The Kier molecular flexibility index (Phi) is 3.98. The van der Waals surface area contributed by atoms with Gasteiger partial charge in [0.1, 0.15) is 4.88 Å². The summed E-state index contributed by atoms with van der Waals surface area (Å²) in [5.41, 5.74) is 0. The van der Waals surface area contributed by atoms with Crippen LogP contribution in [-0.2, 0) is 9.47 Å². The Balaban J connectivity index is 2.13. The molecule has 0 aromatic carbocycles. The first-order chi connectivity index (χ1) is 8.63. The number of amides is 1. The fourth-order valence-electron chi connectivity index (χ4n) is 1.83. The van der Waals surface area contributed by atoms with E-state index in [1.54, 1.807) is 17.0 Å². The van der Waals surface area contributed by atoms with Crippen molar-refractivity contribution in [3.8, 4) is 0 Å². The summed E-state index contributed by atoms with van der Waals surface area (Å²) in [6.07, 6.45) is 0. The molecule has 0 spiro atoms. The van der Waals surface area contributed by atoms with E-state index in [1.165, 1.54) is 7.11 Å². The minimum absolute atomic E-state index is 0.0500. The summed E-state index contributed by atoms with van der Waals surface area (Å²) in [5, 5.41) is 0. The van der Waals surface area contributed by atoms with E-state index in [0.29, 0.717) is 29.5 Å². The van der Waals surface area contributed by atoms with Crippen LogP contribution in [0.15, 0.2) is 12.1 Å². The molecule has 1 amide bonds. The number of hydrogen-bond acceptors (Lipinski definition) is 5. The van der Waals surface area contributed by atoms with Gasteiger partial charge in [0.15, 0.2) is 0 Å². The number of carbonyl (C=O) groups excluding carboxylic acids is 2. The number of morpholine rings is 1. The van der Waals surface area contributed by atoms with Gasteiger partial charge in [0.2, 0.25) is 0 Å². The van der Waals surface area contributed by atoms with Crippen molar-refractivity contribution in [1.82, 2.24) is 4.90 Å². The van der Waals surface area contributed by atoms with Crippen molar-refractivity contribution in [2.75, 3.05) is 26.9 Å². The molecule has 6 heteroatoms. The van der Waals surface area contributed by atoms with Crippen LogP contribution in [0, 0.1) is 0 Å². The van der Waals surface area contributed by atoms with Crippen LogP contribution in [0.3, 0.4) is 0 Å². The summed E-state index contributed by atoms with van der Waals surface area (Å²) in [7, 11) is 1.33. The first kappa shape index (κ1) is 13.0. The Morgan fingerprint density at radius 1 is 1.44 bits per heavy atom. The van der Waals surface area contributed by atoms with Crippen molar-refractivity contribution in [3.63, 3.8) is 0 Å². The molecule has 1 fully saturated rings. The van der Waals surface area contributed by atoms with Crippen molar-refractivity contribution in [1.29, 1.82) is 0 Å². The van der Waals surface area contributed by atoms with Crippen LogP contribution in [-0.4, -0.2) is 49.7 Å². The summed E-state index contributed by atoms with van der Waals surface area (Å²) in [6, 6.07) is 3.35. The molecule has 0 bridgehead atoms. The fraction of sp³-hybridized carbons (Fsp3) is 0.500. The van der Waals surface area contributed by atoms with Gasteiger partial charge in [-0.3, -0.25) is 4.79 Å². The lowest BCUT2D eigenvalue weighted by Crippen LogP contribution is -2.46. The molecule has 1 aromatic rings. The molecular formula is C12H15NO4S. The molecule has 1 unspecified atom stereocenters. The molecule has 0 aliphatic carbocycles. The van der Waals surface area contributed by atoms with Crippen LogP contribution in [0.25, 0.3) is 0 Å². The zero-order chi connectivity index (χ0) is 13.1. The van der Waals surface area contributed by atoms with E-state index >= 15 is 0 Å². The Morgan fingerprint density at radius 3 is 2.83 bits per heavy atom.